The Balaban J connectivity index is 0.000000516. The fraction of sp³-hybridized carbons (Fsp3) is 0.316. The van der Waals surface area contributed by atoms with Crippen LogP contribution >= 0.6 is 0 Å². The molecule has 7 nitrogen and oxygen atoms in total. The van der Waals surface area contributed by atoms with E-state index >= 15 is 0 Å². The number of carbonyl (C=O) groups excluding carboxylic acids is 3. The number of quaternary nitrogens is 1. The predicted octanol–water partition coefficient (Wildman–Crippen LogP) is -0.327. The number of nitrogens with one attached hydrogen (secondary N) is 1. The molecule has 0 aliphatic heterocycles. The van der Waals surface area contributed by atoms with Crippen LogP contribution in [-0.2, 0) is 20.8 Å². The number of hydrogen-bond acceptors (Lipinski definition) is 4. The van der Waals surface area contributed by atoms with E-state index in [4.69, 9.17) is 15.6 Å². The summed E-state index contributed by atoms with van der Waals surface area (Å²) in [5, 5.41) is 14.1. The Kier molecular flexibility index (Phi) is 9.07. The minimum absolute atomic E-state index is 0.0187. The van der Waals surface area contributed by atoms with Crippen LogP contribution in [0.2, 0.25) is 0 Å². The number of aliphatic carboxylic acids is 1. The maximum atomic E-state index is 11.7. The van der Waals surface area contributed by atoms with E-state index in [2.05, 4.69) is 41.4 Å². The van der Waals surface area contributed by atoms with Gasteiger partial charge in [-0.2, -0.15) is 13.2 Å². The average molecular weight is 413 g/mol. The zero-order valence-electron chi connectivity index (χ0n) is 15.5. The monoisotopic (exact) mass is 413 g/mol. The van der Waals surface area contributed by atoms with Gasteiger partial charge < -0.3 is 26.7 Å². The number of primary amides is 1. The van der Waals surface area contributed by atoms with Crippen LogP contribution in [0.4, 0.5) is 13.2 Å². The number of nitrogens with two attached hydrogens (primary N) is 1. The Bertz CT molecular complexity index is 851. The lowest BCUT2D eigenvalue weighted by Crippen LogP contribution is -2.68. The summed E-state index contributed by atoms with van der Waals surface area (Å²) in [5.41, 5.74) is 9.97. The molecule has 0 aliphatic rings. The zero-order valence-corrected chi connectivity index (χ0v) is 15.5. The minimum Gasteiger partial charge on any atom is -0.542 e. The molecule has 0 fully saturated rings. The summed E-state index contributed by atoms with van der Waals surface area (Å²) in [6.45, 7) is 0.562. The highest BCUT2D eigenvalue weighted by Gasteiger charge is 2.28. The average Bonchev–Trinajstić information content (AvgIpc) is 2.64. The standard InChI is InChI=1S/C17H21N3O2.C2HF3O2/c18-15(11-16(19)21)17(22)20-10-4-8-13-7-3-6-12-5-1-2-9-14(12)13;3-2(4,5)1(6)7/h1-3,5-7,9,15H,4,8,10-11,18H2,(H2,19,21)(H,20,22);(H,6,7)/t15-;/m0./s1. The molecule has 0 heterocycles. The molecular weight excluding hydrogens is 391 g/mol. The molecule has 0 spiro atoms. The van der Waals surface area contributed by atoms with Crippen molar-refractivity contribution in [3.63, 3.8) is 0 Å². The molecule has 2 aromatic carbocycles. The first-order valence-electron chi connectivity index (χ1n) is 8.66. The second-order valence-corrected chi connectivity index (χ2v) is 6.19. The highest BCUT2D eigenvalue weighted by molar-refractivity contribution is 5.86. The van der Waals surface area contributed by atoms with E-state index in [0.29, 0.717) is 6.54 Å². The van der Waals surface area contributed by atoms with E-state index in [0.717, 1.165) is 12.8 Å². The lowest BCUT2D eigenvalue weighted by atomic mass is 10.0. The lowest BCUT2D eigenvalue weighted by Gasteiger charge is -2.09. The van der Waals surface area contributed by atoms with Gasteiger partial charge in [0.2, 0.25) is 5.91 Å². The second-order valence-electron chi connectivity index (χ2n) is 6.19. The van der Waals surface area contributed by atoms with E-state index in [1.54, 1.807) is 0 Å². The zero-order chi connectivity index (χ0) is 22.0. The molecule has 0 unspecified atom stereocenters. The molecule has 0 aliphatic carbocycles. The van der Waals surface area contributed by atoms with Gasteiger partial charge in [0.05, 0.1) is 6.42 Å². The number of alkyl halides is 3. The lowest BCUT2D eigenvalue weighted by molar-refractivity contribution is -0.402. The van der Waals surface area contributed by atoms with E-state index in [1.807, 2.05) is 12.1 Å². The Hall–Kier alpha value is -3.14. The molecule has 2 amide bonds. The van der Waals surface area contributed by atoms with Crippen molar-refractivity contribution in [2.75, 3.05) is 6.54 Å². The fourth-order valence-electron chi connectivity index (χ4n) is 2.48. The number of carboxylic acid groups (broad SMARTS) is 1. The first-order valence-corrected chi connectivity index (χ1v) is 8.66. The van der Waals surface area contributed by atoms with E-state index < -0.39 is 24.1 Å². The van der Waals surface area contributed by atoms with E-state index in [1.165, 1.54) is 16.3 Å². The van der Waals surface area contributed by atoms with Crippen LogP contribution in [0.5, 0.6) is 0 Å². The minimum atomic E-state index is -5.19. The number of hydrogen-bond donors (Lipinski definition) is 3. The Labute approximate surface area is 164 Å². The van der Waals surface area contributed by atoms with Gasteiger partial charge in [-0.05, 0) is 29.2 Å². The van der Waals surface area contributed by atoms with Crippen molar-refractivity contribution in [3.05, 3.63) is 48.0 Å². The van der Waals surface area contributed by atoms with E-state index in [9.17, 15) is 22.8 Å². The van der Waals surface area contributed by atoms with Gasteiger partial charge in [-0.25, -0.2) is 0 Å². The highest BCUT2D eigenvalue weighted by Crippen LogP contribution is 2.19. The molecule has 0 bridgehead atoms. The summed E-state index contributed by atoms with van der Waals surface area (Å²) in [4.78, 5) is 31.3. The van der Waals surface area contributed by atoms with Gasteiger partial charge in [0.1, 0.15) is 5.97 Å². The van der Waals surface area contributed by atoms with Crippen LogP contribution in [0.3, 0.4) is 0 Å². The second kappa shape index (κ2) is 11.0. The van der Waals surface area contributed by atoms with Crippen LogP contribution in [0.25, 0.3) is 10.8 Å². The summed E-state index contributed by atoms with van der Waals surface area (Å²) < 4.78 is 31.5. The molecule has 0 radical (unpaired) electrons. The normalized spacial score (nSPS) is 11.9. The number of halogens is 3. The van der Waals surface area contributed by atoms with Crippen molar-refractivity contribution in [2.24, 2.45) is 5.73 Å². The Morgan fingerprint density at radius 2 is 1.69 bits per heavy atom. The molecule has 2 aromatic rings. The molecule has 10 heteroatoms. The van der Waals surface area contributed by atoms with Gasteiger partial charge in [0.25, 0.3) is 5.91 Å². The molecule has 0 aromatic heterocycles. The smallest absolute Gasteiger partial charge is 0.430 e. The van der Waals surface area contributed by atoms with Crippen molar-refractivity contribution < 1.29 is 38.4 Å². The quantitative estimate of drug-likeness (QED) is 0.535. The molecular formula is C19H22F3N3O4. The number of carboxylic acids is 1. The maximum absolute atomic E-state index is 11.7. The van der Waals surface area contributed by atoms with Gasteiger partial charge >= 0.3 is 6.18 Å². The van der Waals surface area contributed by atoms with Gasteiger partial charge in [0.15, 0.2) is 6.04 Å². The first kappa shape index (κ1) is 23.9. The summed E-state index contributed by atoms with van der Waals surface area (Å²) >= 11 is 0. The molecule has 6 N–H and O–H groups in total. The largest absolute Gasteiger partial charge is 0.542 e. The number of aryl methyl sites for hydroxylation is 1. The SMILES string of the molecule is NC(=O)C[C@H]([NH3+])C(=O)NCCCc1cccc2ccccc12.O=C([O-])C(F)(F)F. The number of rotatable bonds is 7. The summed E-state index contributed by atoms with van der Waals surface area (Å²) in [7, 11) is 0. The van der Waals surface area contributed by atoms with Crippen molar-refractivity contribution in [1.29, 1.82) is 0 Å². The Morgan fingerprint density at radius 3 is 2.28 bits per heavy atom. The van der Waals surface area contributed by atoms with Gasteiger partial charge in [0, 0.05) is 6.54 Å². The van der Waals surface area contributed by atoms with Gasteiger partial charge in [-0.1, -0.05) is 42.5 Å². The molecule has 1 atom stereocenters. The molecule has 2 rings (SSSR count). The molecule has 29 heavy (non-hydrogen) atoms. The van der Waals surface area contributed by atoms with E-state index in [-0.39, 0.29) is 12.3 Å². The predicted molar refractivity (Wildman–Crippen MR) is 96.8 cm³/mol. The summed E-state index contributed by atoms with van der Waals surface area (Å²) in [6.07, 6.45) is -3.49. The van der Waals surface area contributed by atoms with Crippen LogP contribution in [0, 0.1) is 0 Å². The fourth-order valence-corrected chi connectivity index (χ4v) is 2.48. The third kappa shape index (κ3) is 8.60. The number of fused-ring (bicyclic) bond motifs is 1. The number of carbonyl (C=O) groups is 3. The van der Waals surface area contributed by atoms with Crippen molar-refractivity contribution in [2.45, 2.75) is 31.5 Å². The molecule has 0 saturated heterocycles. The van der Waals surface area contributed by atoms with Crippen molar-refractivity contribution >= 4 is 28.6 Å². The van der Waals surface area contributed by atoms with Crippen molar-refractivity contribution in [3.8, 4) is 0 Å². The first-order chi connectivity index (χ1) is 13.5. The summed E-state index contributed by atoms with van der Waals surface area (Å²) in [5.74, 6) is -3.74. The molecule has 0 saturated carbocycles. The topological polar surface area (TPSA) is 140 Å². The van der Waals surface area contributed by atoms with Crippen LogP contribution in [-0.4, -0.2) is 36.5 Å². The van der Waals surface area contributed by atoms with Crippen LogP contribution in [0.1, 0.15) is 18.4 Å². The van der Waals surface area contributed by atoms with Crippen LogP contribution < -0.4 is 21.9 Å². The molecule has 158 valence electrons. The third-order valence-corrected chi connectivity index (χ3v) is 3.85. The van der Waals surface area contributed by atoms with Gasteiger partial charge in [-0.3, -0.25) is 9.59 Å². The Morgan fingerprint density at radius 1 is 1.10 bits per heavy atom. The highest BCUT2D eigenvalue weighted by atomic mass is 19.4. The number of benzene rings is 2. The summed E-state index contributed by atoms with van der Waals surface area (Å²) in [6, 6.07) is 13.9. The third-order valence-electron chi connectivity index (χ3n) is 3.85. The number of amides is 2. The van der Waals surface area contributed by atoms with Crippen LogP contribution in [0.15, 0.2) is 42.5 Å². The van der Waals surface area contributed by atoms with Gasteiger partial charge in [-0.15, -0.1) is 0 Å². The van der Waals surface area contributed by atoms with Crippen molar-refractivity contribution in [1.82, 2.24) is 5.32 Å². The maximum Gasteiger partial charge on any atom is 0.430 e.